The lowest BCUT2D eigenvalue weighted by molar-refractivity contribution is -0.102. The maximum Gasteiger partial charge on any atom is 0.184 e. The normalized spacial score (nSPS) is 15.9. The standard InChI is InChI=1S/C16H23N3O.C6H5F.CH5N/c1-13-5-2-3-6-14(13)8-10-18-16(12-20)19-15-7-4-9-17-11-15;7-6-4-2-1-3-5-6;1-2/h2-3,5-6,12,15,17H,4,7-11H2,1H3,(H,18,19);1-5H;2H2,1H3. The predicted octanol–water partition coefficient (Wildman–Crippen LogP) is 2.88. The lowest BCUT2D eigenvalue weighted by Crippen LogP contribution is -2.46. The molecule has 3 rings (SSSR count). The third-order valence-electron chi connectivity index (χ3n) is 4.42. The molecule has 0 spiro atoms. The quantitative estimate of drug-likeness (QED) is 0.410. The minimum atomic E-state index is -0.178. The van der Waals surface area contributed by atoms with Gasteiger partial charge in [0.1, 0.15) is 5.82 Å². The van der Waals surface area contributed by atoms with E-state index in [9.17, 15) is 9.18 Å². The van der Waals surface area contributed by atoms with E-state index in [1.165, 1.54) is 30.3 Å². The Morgan fingerprint density at radius 2 is 1.90 bits per heavy atom. The summed E-state index contributed by atoms with van der Waals surface area (Å²) >= 11 is 0. The molecule has 1 aliphatic heterocycles. The van der Waals surface area contributed by atoms with Gasteiger partial charge < -0.3 is 16.4 Å². The Labute approximate surface area is 173 Å². The summed E-state index contributed by atoms with van der Waals surface area (Å²) in [6.07, 6.45) is 3.94. The lowest BCUT2D eigenvalue weighted by atomic mass is 10.1. The molecule has 2 aromatic carbocycles. The van der Waals surface area contributed by atoms with Gasteiger partial charge in [0.2, 0.25) is 0 Å². The van der Waals surface area contributed by atoms with Gasteiger partial charge in [0.05, 0.1) is 0 Å². The van der Waals surface area contributed by atoms with Crippen LogP contribution >= 0.6 is 0 Å². The number of aryl methyl sites for hydroxylation is 1. The summed E-state index contributed by atoms with van der Waals surface area (Å²) in [7, 11) is 1.50. The van der Waals surface area contributed by atoms with Crippen LogP contribution in [0, 0.1) is 12.7 Å². The minimum absolute atomic E-state index is 0.178. The molecular weight excluding hydrogens is 367 g/mol. The molecule has 4 N–H and O–H groups in total. The summed E-state index contributed by atoms with van der Waals surface area (Å²) in [6.45, 7) is 4.72. The van der Waals surface area contributed by atoms with Crippen molar-refractivity contribution >= 4 is 12.1 Å². The molecule has 5 nitrogen and oxygen atoms in total. The number of amidine groups is 1. The third-order valence-corrected chi connectivity index (χ3v) is 4.42. The van der Waals surface area contributed by atoms with Gasteiger partial charge in [-0.2, -0.15) is 0 Å². The van der Waals surface area contributed by atoms with Gasteiger partial charge in [0.25, 0.3) is 0 Å². The Morgan fingerprint density at radius 1 is 1.21 bits per heavy atom. The molecule has 29 heavy (non-hydrogen) atoms. The molecule has 0 aliphatic carbocycles. The molecule has 1 unspecified atom stereocenters. The van der Waals surface area contributed by atoms with Crippen molar-refractivity contribution < 1.29 is 9.18 Å². The molecule has 2 aromatic rings. The van der Waals surface area contributed by atoms with E-state index < -0.39 is 0 Å². The summed E-state index contributed by atoms with van der Waals surface area (Å²) in [6, 6.07) is 16.6. The molecule has 1 saturated heterocycles. The first-order valence-electron chi connectivity index (χ1n) is 9.98. The van der Waals surface area contributed by atoms with Crippen molar-refractivity contribution in [2.75, 3.05) is 26.7 Å². The van der Waals surface area contributed by atoms with Gasteiger partial charge in [-0.15, -0.1) is 0 Å². The second-order valence-corrected chi connectivity index (χ2v) is 6.54. The van der Waals surface area contributed by atoms with Crippen molar-refractivity contribution in [2.45, 2.75) is 32.2 Å². The van der Waals surface area contributed by atoms with Crippen molar-refractivity contribution in [3.63, 3.8) is 0 Å². The van der Waals surface area contributed by atoms with Crippen LogP contribution in [0.25, 0.3) is 0 Å². The summed E-state index contributed by atoms with van der Waals surface area (Å²) < 4.78 is 11.9. The van der Waals surface area contributed by atoms with Crippen molar-refractivity contribution in [1.82, 2.24) is 10.6 Å². The van der Waals surface area contributed by atoms with Crippen LogP contribution < -0.4 is 16.4 Å². The molecule has 0 amide bonds. The number of hydrogen-bond acceptors (Lipinski definition) is 4. The monoisotopic (exact) mass is 400 g/mol. The second kappa shape index (κ2) is 15.4. The van der Waals surface area contributed by atoms with Gasteiger partial charge in [-0.25, -0.2) is 4.39 Å². The van der Waals surface area contributed by atoms with Crippen molar-refractivity contribution in [3.05, 3.63) is 71.5 Å². The number of carbonyl (C=O) groups is 1. The number of carbonyl (C=O) groups excluding carboxylic acids is 1. The first kappa shape index (κ1) is 24.5. The van der Waals surface area contributed by atoms with Crippen LogP contribution in [0.5, 0.6) is 0 Å². The van der Waals surface area contributed by atoms with Crippen LogP contribution in [0.4, 0.5) is 4.39 Å². The van der Waals surface area contributed by atoms with Crippen LogP contribution in [-0.4, -0.2) is 44.8 Å². The number of halogens is 1. The summed E-state index contributed by atoms with van der Waals surface area (Å²) in [5.74, 6) is 0.301. The van der Waals surface area contributed by atoms with Crippen molar-refractivity contribution in [2.24, 2.45) is 10.7 Å². The largest absolute Gasteiger partial charge is 0.364 e. The third kappa shape index (κ3) is 10.5. The van der Waals surface area contributed by atoms with Crippen molar-refractivity contribution in [3.8, 4) is 0 Å². The van der Waals surface area contributed by atoms with Gasteiger partial charge in [-0.1, -0.05) is 42.5 Å². The summed E-state index contributed by atoms with van der Waals surface area (Å²) in [5.41, 5.74) is 7.07. The van der Waals surface area contributed by atoms with Crippen LogP contribution in [0.15, 0.2) is 59.6 Å². The van der Waals surface area contributed by atoms with Gasteiger partial charge in [-0.3, -0.25) is 9.79 Å². The fourth-order valence-corrected chi connectivity index (χ4v) is 2.90. The van der Waals surface area contributed by atoms with E-state index in [1.807, 2.05) is 12.1 Å². The van der Waals surface area contributed by atoms with E-state index in [0.717, 1.165) is 38.6 Å². The molecule has 1 aliphatic rings. The maximum atomic E-state index is 11.9. The number of aldehydes is 1. The first-order valence-corrected chi connectivity index (χ1v) is 9.98. The minimum Gasteiger partial charge on any atom is -0.364 e. The zero-order valence-corrected chi connectivity index (χ0v) is 17.4. The number of nitrogens with one attached hydrogen (secondary N) is 2. The SMILES string of the molecule is CN.Cc1ccccc1CCN=C(C=O)NC1CCCNC1.Fc1ccccc1. The highest BCUT2D eigenvalue weighted by atomic mass is 19.1. The van der Waals surface area contributed by atoms with Gasteiger partial charge in [0.15, 0.2) is 12.1 Å². The fraction of sp³-hybridized carbons (Fsp3) is 0.391. The number of nitrogens with zero attached hydrogens (tertiary/aromatic N) is 1. The van der Waals surface area contributed by atoms with Crippen LogP contribution in [0.3, 0.4) is 0 Å². The summed E-state index contributed by atoms with van der Waals surface area (Å²) in [4.78, 5) is 15.5. The van der Waals surface area contributed by atoms with E-state index in [2.05, 4.69) is 40.4 Å². The molecule has 1 heterocycles. The maximum absolute atomic E-state index is 11.9. The Kier molecular flexibility index (Phi) is 13.0. The Morgan fingerprint density at radius 3 is 2.45 bits per heavy atom. The Bertz CT molecular complexity index is 716. The Hall–Kier alpha value is -2.57. The number of benzene rings is 2. The molecule has 0 saturated carbocycles. The molecule has 0 bridgehead atoms. The smallest absolute Gasteiger partial charge is 0.184 e. The average molecular weight is 401 g/mol. The number of nitrogens with two attached hydrogens (primary N) is 1. The van der Waals surface area contributed by atoms with E-state index >= 15 is 0 Å². The van der Waals surface area contributed by atoms with E-state index in [-0.39, 0.29) is 5.82 Å². The van der Waals surface area contributed by atoms with Gasteiger partial charge in [0, 0.05) is 19.1 Å². The van der Waals surface area contributed by atoms with E-state index in [1.54, 1.807) is 18.2 Å². The fourth-order valence-electron chi connectivity index (χ4n) is 2.90. The highest BCUT2D eigenvalue weighted by Crippen LogP contribution is 2.07. The molecule has 1 fully saturated rings. The van der Waals surface area contributed by atoms with Crippen LogP contribution in [0.2, 0.25) is 0 Å². The Balaban J connectivity index is 0.000000390. The molecule has 1 atom stereocenters. The first-order chi connectivity index (χ1) is 14.2. The number of rotatable bonds is 5. The van der Waals surface area contributed by atoms with Crippen LogP contribution in [0.1, 0.15) is 24.0 Å². The average Bonchev–Trinajstić information content (AvgIpc) is 2.77. The van der Waals surface area contributed by atoms with Crippen LogP contribution in [-0.2, 0) is 11.2 Å². The predicted molar refractivity (Wildman–Crippen MR) is 119 cm³/mol. The molecule has 158 valence electrons. The van der Waals surface area contributed by atoms with Gasteiger partial charge in [-0.05, 0) is 63.0 Å². The molecule has 0 aromatic heterocycles. The highest BCUT2D eigenvalue weighted by Gasteiger charge is 2.13. The van der Waals surface area contributed by atoms with E-state index in [0.29, 0.717) is 18.4 Å². The number of aliphatic imine (C=N–C) groups is 1. The molecule has 6 heteroatoms. The zero-order valence-electron chi connectivity index (χ0n) is 17.4. The molecule has 0 radical (unpaired) electrons. The lowest BCUT2D eigenvalue weighted by Gasteiger charge is -2.24. The second-order valence-electron chi connectivity index (χ2n) is 6.54. The number of piperidine rings is 1. The van der Waals surface area contributed by atoms with Crippen molar-refractivity contribution in [1.29, 1.82) is 0 Å². The summed E-state index contributed by atoms with van der Waals surface area (Å²) in [5, 5.41) is 6.55. The van der Waals surface area contributed by atoms with E-state index in [4.69, 9.17) is 0 Å². The number of hydrogen-bond donors (Lipinski definition) is 3. The highest BCUT2D eigenvalue weighted by molar-refractivity contribution is 6.27. The molecular formula is C23H33FN4O. The zero-order chi connectivity index (χ0) is 21.3. The topological polar surface area (TPSA) is 79.5 Å². The van der Waals surface area contributed by atoms with Gasteiger partial charge >= 0.3 is 0 Å².